The summed E-state index contributed by atoms with van der Waals surface area (Å²) in [5.74, 6) is 2.50. The van der Waals surface area contributed by atoms with Gasteiger partial charge in [-0.25, -0.2) is 0 Å². The highest BCUT2D eigenvalue weighted by molar-refractivity contribution is 5.33. The van der Waals surface area contributed by atoms with E-state index in [2.05, 4.69) is 31.0 Å². The molecule has 0 amide bonds. The van der Waals surface area contributed by atoms with Crippen LogP contribution in [0.2, 0.25) is 0 Å². The van der Waals surface area contributed by atoms with Crippen LogP contribution >= 0.6 is 0 Å². The summed E-state index contributed by atoms with van der Waals surface area (Å²) in [4.78, 5) is 2.49. The van der Waals surface area contributed by atoms with Crippen LogP contribution in [0, 0.1) is 11.8 Å². The first kappa shape index (κ1) is 16.3. The lowest BCUT2D eigenvalue weighted by molar-refractivity contribution is 0.194. The molecule has 0 aromatic heterocycles. The predicted octanol–water partition coefficient (Wildman–Crippen LogP) is 2.93. The van der Waals surface area contributed by atoms with Gasteiger partial charge in [-0.05, 0) is 63.2 Å². The number of nitrogens with zero attached hydrogens (tertiary/aromatic N) is 1. The average molecular weight is 290 g/mol. The Labute approximate surface area is 129 Å². The van der Waals surface area contributed by atoms with Crippen LogP contribution in [0.15, 0.2) is 24.3 Å². The second-order valence-electron chi connectivity index (χ2n) is 6.49. The quantitative estimate of drug-likeness (QED) is 0.839. The van der Waals surface area contributed by atoms with Crippen molar-refractivity contribution >= 4 is 0 Å². The minimum atomic E-state index is 0.514. The van der Waals surface area contributed by atoms with Crippen molar-refractivity contribution in [1.82, 2.24) is 4.90 Å². The molecular formula is C18H30N2O. The van der Waals surface area contributed by atoms with Crippen molar-refractivity contribution in [2.45, 2.75) is 38.6 Å². The van der Waals surface area contributed by atoms with Crippen molar-refractivity contribution in [2.75, 3.05) is 27.2 Å². The number of likely N-dealkylation sites (N-methyl/N-ethyl adjacent to an activating group) is 1. The summed E-state index contributed by atoms with van der Waals surface area (Å²) in [7, 11) is 3.99. The first-order valence-electron chi connectivity index (χ1n) is 8.18. The molecule has 3 atom stereocenters. The second-order valence-corrected chi connectivity index (χ2v) is 6.49. The number of nitrogens with two attached hydrogens (primary N) is 1. The van der Waals surface area contributed by atoms with Crippen molar-refractivity contribution in [2.24, 2.45) is 17.6 Å². The van der Waals surface area contributed by atoms with Gasteiger partial charge in [0.25, 0.3) is 0 Å². The molecule has 1 aliphatic carbocycles. The van der Waals surface area contributed by atoms with E-state index < -0.39 is 0 Å². The van der Waals surface area contributed by atoms with Gasteiger partial charge in [0.15, 0.2) is 0 Å². The van der Waals surface area contributed by atoms with Gasteiger partial charge in [0.2, 0.25) is 0 Å². The Morgan fingerprint density at radius 2 is 2.00 bits per heavy atom. The van der Waals surface area contributed by atoms with E-state index in [0.717, 1.165) is 37.1 Å². The minimum absolute atomic E-state index is 0.514. The molecule has 0 radical (unpaired) electrons. The van der Waals surface area contributed by atoms with Crippen LogP contribution in [0.1, 0.15) is 31.7 Å². The SMILES string of the molecule is COc1ccccc1CC(C)N(C)CC1CCCC1CN. The van der Waals surface area contributed by atoms with E-state index in [4.69, 9.17) is 10.5 Å². The summed E-state index contributed by atoms with van der Waals surface area (Å²) >= 11 is 0. The van der Waals surface area contributed by atoms with Gasteiger partial charge in [0, 0.05) is 12.6 Å². The number of para-hydroxylation sites is 1. The van der Waals surface area contributed by atoms with E-state index in [1.165, 1.54) is 24.8 Å². The van der Waals surface area contributed by atoms with Gasteiger partial charge in [-0.1, -0.05) is 24.6 Å². The van der Waals surface area contributed by atoms with E-state index in [9.17, 15) is 0 Å². The average Bonchev–Trinajstić information content (AvgIpc) is 2.94. The summed E-state index contributed by atoms with van der Waals surface area (Å²) in [5.41, 5.74) is 7.20. The number of methoxy groups -OCH3 is 1. The Hall–Kier alpha value is -1.06. The number of hydrogen-bond donors (Lipinski definition) is 1. The molecule has 0 aliphatic heterocycles. The highest BCUT2D eigenvalue weighted by atomic mass is 16.5. The predicted molar refractivity (Wildman–Crippen MR) is 88.7 cm³/mol. The van der Waals surface area contributed by atoms with E-state index in [0.29, 0.717) is 6.04 Å². The van der Waals surface area contributed by atoms with E-state index in [1.54, 1.807) is 7.11 Å². The van der Waals surface area contributed by atoms with Crippen LogP contribution in [-0.2, 0) is 6.42 Å². The van der Waals surface area contributed by atoms with Crippen molar-refractivity contribution in [1.29, 1.82) is 0 Å². The fourth-order valence-corrected chi connectivity index (χ4v) is 3.56. The summed E-state index contributed by atoms with van der Waals surface area (Å²) in [6.45, 7) is 4.32. The number of hydrogen-bond acceptors (Lipinski definition) is 3. The molecule has 2 rings (SSSR count). The zero-order valence-corrected chi connectivity index (χ0v) is 13.7. The molecule has 1 aromatic rings. The lowest BCUT2D eigenvalue weighted by Crippen LogP contribution is -2.37. The van der Waals surface area contributed by atoms with E-state index in [-0.39, 0.29) is 0 Å². The molecule has 1 aromatic carbocycles. The van der Waals surface area contributed by atoms with Crippen molar-refractivity contribution in [3.05, 3.63) is 29.8 Å². The molecular weight excluding hydrogens is 260 g/mol. The normalized spacial score (nSPS) is 23.5. The topological polar surface area (TPSA) is 38.5 Å². The lowest BCUT2D eigenvalue weighted by Gasteiger charge is -2.30. The van der Waals surface area contributed by atoms with Crippen molar-refractivity contribution in [3.63, 3.8) is 0 Å². The van der Waals surface area contributed by atoms with Gasteiger partial charge in [-0.15, -0.1) is 0 Å². The lowest BCUT2D eigenvalue weighted by atomic mass is 9.95. The molecule has 1 saturated carbocycles. The summed E-state index contributed by atoms with van der Waals surface area (Å²) in [6, 6.07) is 8.85. The van der Waals surface area contributed by atoms with Gasteiger partial charge in [-0.2, -0.15) is 0 Å². The Kier molecular flexibility index (Phi) is 6.07. The number of ether oxygens (including phenoxy) is 1. The molecule has 0 saturated heterocycles. The van der Waals surface area contributed by atoms with E-state index in [1.807, 2.05) is 12.1 Å². The highest BCUT2D eigenvalue weighted by Crippen LogP contribution is 2.32. The molecule has 0 spiro atoms. The Bertz CT molecular complexity index is 435. The zero-order valence-electron chi connectivity index (χ0n) is 13.7. The third kappa shape index (κ3) is 4.21. The fraction of sp³-hybridized carbons (Fsp3) is 0.667. The summed E-state index contributed by atoms with van der Waals surface area (Å²) in [5, 5.41) is 0. The van der Waals surface area contributed by atoms with Crippen LogP contribution in [-0.4, -0.2) is 38.2 Å². The molecule has 21 heavy (non-hydrogen) atoms. The van der Waals surface area contributed by atoms with Crippen LogP contribution in [0.5, 0.6) is 5.75 Å². The molecule has 3 heteroatoms. The number of rotatable bonds is 7. The van der Waals surface area contributed by atoms with Gasteiger partial charge in [0.05, 0.1) is 7.11 Å². The van der Waals surface area contributed by atoms with Gasteiger partial charge < -0.3 is 15.4 Å². The smallest absolute Gasteiger partial charge is 0.122 e. The Balaban J connectivity index is 1.91. The zero-order chi connectivity index (χ0) is 15.2. The molecule has 2 N–H and O–H groups in total. The van der Waals surface area contributed by atoms with Crippen LogP contribution in [0.4, 0.5) is 0 Å². The molecule has 0 bridgehead atoms. The minimum Gasteiger partial charge on any atom is -0.496 e. The van der Waals surface area contributed by atoms with Gasteiger partial charge in [-0.3, -0.25) is 0 Å². The highest BCUT2D eigenvalue weighted by Gasteiger charge is 2.28. The largest absolute Gasteiger partial charge is 0.496 e. The van der Waals surface area contributed by atoms with Crippen molar-refractivity contribution in [3.8, 4) is 5.75 Å². The molecule has 118 valence electrons. The van der Waals surface area contributed by atoms with Crippen LogP contribution in [0.3, 0.4) is 0 Å². The molecule has 3 unspecified atom stereocenters. The Morgan fingerprint density at radius 3 is 2.71 bits per heavy atom. The van der Waals surface area contributed by atoms with Gasteiger partial charge >= 0.3 is 0 Å². The first-order chi connectivity index (χ1) is 10.2. The third-order valence-corrected chi connectivity index (χ3v) is 5.10. The van der Waals surface area contributed by atoms with Crippen LogP contribution < -0.4 is 10.5 Å². The maximum atomic E-state index is 5.90. The molecule has 1 aliphatic rings. The molecule has 1 fully saturated rings. The molecule has 0 heterocycles. The maximum Gasteiger partial charge on any atom is 0.122 e. The monoisotopic (exact) mass is 290 g/mol. The fourth-order valence-electron chi connectivity index (χ4n) is 3.56. The van der Waals surface area contributed by atoms with Crippen LogP contribution in [0.25, 0.3) is 0 Å². The van der Waals surface area contributed by atoms with E-state index >= 15 is 0 Å². The molecule has 3 nitrogen and oxygen atoms in total. The standard InChI is InChI=1S/C18H30N2O/c1-14(11-15-7-4-5-10-18(15)21-3)20(2)13-17-9-6-8-16(17)12-19/h4-5,7,10,14,16-17H,6,8-9,11-13,19H2,1-3H3. The second kappa shape index (κ2) is 7.81. The summed E-state index contributed by atoms with van der Waals surface area (Å²) in [6.07, 6.45) is 5.03. The summed E-state index contributed by atoms with van der Waals surface area (Å²) < 4.78 is 5.46. The maximum absolute atomic E-state index is 5.90. The first-order valence-corrected chi connectivity index (χ1v) is 8.18. The number of benzene rings is 1. The van der Waals surface area contributed by atoms with Gasteiger partial charge in [0.1, 0.15) is 5.75 Å². The van der Waals surface area contributed by atoms with Crippen molar-refractivity contribution < 1.29 is 4.74 Å². The Morgan fingerprint density at radius 1 is 1.29 bits per heavy atom. The third-order valence-electron chi connectivity index (χ3n) is 5.10.